The number of nitrogen functional groups attached to an aromatic ring is 2. The van der Waals surface area contributed by atoms with Gasteiger partial charge in [-0.25, -0.2) is 0 Å². The molecule has 86 valence electrons. The van der Waals surface area contributed by atoms with Gasteiger partial charge in [0.15, 0.2) is 0 Å². The Labute approximate surface area is 93.6 Å². The van der Waals surface area contributed by atoms with Gasteiger partial charge >= 0.3 is 0 Å². The number of carbonyl (C=O) groups excluding carboxylic acids is 1. The molecule has 5 heteroatoms. The molecule has 2 rings (SSSR count). The van der Waals surface area contributed by atoms with Crippen molar-refractivity contribution in [2.45, 2.75) is 12.5 Å². The predicted molar refractivity (Wildman–Crippen MR) is 61.8 cm³/mol. The lowest BCUT2D eigenvalue weighted by molar-refractivity contribution is 0.0766. The van der Waals surface area contributed by atoms with Crippen LogP contribution in [0.3, 0.4) is 0 Å². The number of aliphatic hydroxyl groups excluding tert-OH is 1. The molecule has 1 aliphatic rings. The molecule has 1 aromatic rings. The summed E-state index contributed by atoms with van der Waals surface area (Å²) in [5.41, 5.74) is 12.7. The molecule has 1 heterocycles. The Balaban J connectivity index is 2.21. The average Bonchev–Trinajstić information content (AvgIpc) is 2.64. The first kappa shape index (κ1) is 10.8. The second-order valence-electron chi connectivity index (χ2n) is 4.04. The molecule has 1 fully saturated rings. The van der Waals surface area contributed by atoms with Crippen molar-refractivity contribution in [3.05, 3.63) is 23.8 Å². The van der Waals surface area contributed by atoms with E-state index in [1.54, 1.807) is 23.1 Å². The highest BCUT2D eigenvalue weighted by Gasteiger charge is 2.26. The topological polar surface area (TPSA) is 92.6 Å². The van der Waals surface area contributed by atoms with E-state index in [0.717, 1.165) is 0 Å². The van der Waals surface area contributed by atoms with Gasteiger partial charge in [-0.05, 0) is 24.6 Å². The first-order chi connectivity index (χ1) is 7.58. The SMILES string of the molecule is Nc1ccc(C(=O)N2CC[C@@H](O)C2)c(N)c1. The molecule has 0 saturated carbocycles. The van der Waals surface area contributed by atoms with E-state index in [4.69, 9.17) is 11.5 Å². The molecule has 1 aliphatic heterocycles. The van der Waals surface area contributed by atoms with Crippen molar-refractivity contribution in [2.75, 3.05) is 24.6 Å². The Morgan fingerprint density at radius 2 is 2.19 bits per heavy atom. The molecule has 1 amide bonds. The van der Waals surface area contributed by atoms with Crippen molar-refractivity contribution < 1.29 is 9.90 Å². The average molecular weight is 221 g/mol. The quantitative estimate of drug-likeness (QED) is 0.584. The number of nitrogens with zero attached hydrogens (tertiary/aromatic N) is 1. The van der Waals surface area contributed by atoms with Crippen LogP contribution < -0.4 is 11.5 Å². The van der Waals surface area contributed by atoms with Crippen molar-refractivity contribution in [3.8, 4) is 0 Å². The first-order valence-corrected chi connectivity index (χ1v) is 5.20. The number of rotatable bonds is 1. The monoisotopic (exact) mass is 221 g/mol. The molecule has 1 saturated heterocycles. The second-order valence-corrected chi connectivity index (χ2v) is 4.04. The summed E-state index contributed by atoms with van der Waals surface area (Å²) >= 11 is 0. The standard InChI is InChI=1S/C11H15N3O2/c12-7-1-2-9(10(13)5-7)11(16)14-4-3-8(15)6-14/h1-2,5,8,15H,3-4,6,12-13H2/t8-/m1/s1. The number of β-amino-alcohol motifs (C(OH)–C–C–N with tert-alkyl or cyclic N) is 1. The van der Waals surface area contributed by atoms with E-state index in [0.29, 0.717) is 36.4 Å². The molecule has 0 spiro atoms. The fraction of sp³-hybridized carbons (Fsp3) is 0.364. The van der Waals surface area contributed by atoms with Gasteiger partial charge in [0.05, 0.1) is 11.7 Å². The van der Waals surface area contributed by atoms with Crippen molar-refractivity contribution in [1.82, 2.24) is 4.90 Å². The third-order valence-corrected chi connectivity index (χ3v) is 2.76. The van der Waals surface area contributed by atoms with Crippen LogP contribution in [0.1, 0.15) is 16.8 Å². The Morgan fingerprint density at radius 3 is 2.75 bits per heavy atom. The van der Waals surface area contributed by atoms with Crippen LogP contribution in [0.2, 0.25) is 0 Å². The highest BCUT2D eigenvalue weighted by Crippen LogP contribution is 2.20. The molecule has 16 heavy (non-hydrogen) atoms. The van der Waals surface area contributed by atoms with Crippen molar-refractivity contribution in [2.24, 2.45) is 0 Å². The van der Waals surface area contributed by atoms with Gasteiger partial charge in [0.2, 0.25) is 0 Å². The molecule has 5 nitrogen and oxygen atoms in total. The molecule has 0 unspecified atom stereocenters. The Kier molecular flexibility index (Phi) is 2.70. The predicted octanol–water partition coefficient (Wildman–Crippen LogP) is 0.0578. The van der Waals surface area contributed by atoms with E-state index in [-0.39, 0.29) is 5.91 Å². The number of benzene rings is 1. The smallest absolute Gasteiger partial charge is 0.256 e. The molecule has 5 N–H and O–H groups in total. The maximum absolute atomic E-state index is 12.0. The van der Waals surface area contributed by atoms with Crippen molar-refractivity contribution in [3.63, 3.8) is 0 Å². The van der Waals surface area contributed by atoms with E-state index < -0.39 is 6.10 Å². The summed E-state index contributed by atoms with van der Waals surface area (Å²) in [5, 5.41) is 9.36. The number of amides is 1. The van der Waals surface area contributed by atoms with Crippen LogP contribution in [0.5, 0.6) is 0 Å². The van der Waals surface area contributed by atoms with Crippen LogP contribution in [0, 0.1) is 0 Å². The largest absolute Gasteiger partial charge is 0.399 e. The van der Waals surface area contributed by atoms with Gasteiger partial charge in [-0.2, -0.15) is 0 Å². The summed E-state index contributed by atoms with van der Waals surface area (Å²) < 4.78 is 0. The van der Waals surface area contributed by atoms with Crippen LogP contribution in [0.25, 0.3) is 0 Å². The number of likely N-dealkylation sites (tertiary alicyclic amines) is 1. The van der Waals surface area contributed by atoms with Crippen LogP contribution in [-0.4, -0.2) is 35.1 Å². The van der Waals surface area contributed by atoms with E-state index in [1.165, 1.54) is 0 Å². The molecular formula is C11H15N3O2. The fourth-order valence-corrected chi connectivity index (χ4v) is 1.87. The van der Waals surface area contributed by atoms with E-state index in [9.17, 15) is 9.90 Å². The first-order valence-electron chi connectivity index (χ1n) is 5.20. The molecule has 0 bridgehead atoms. The highest BCUT2D eigenvalue weighted by molar-refractivity contribution is 5.99. The zero-order valence-corrected chi connectivity index (χ0v) is 8.89. The number of carbonyl (C=O) groups is 1. The van der Waals surface area contributed by atoms with Gasteiger partial charge in [0, 0.05) is 24.5 Å². The summed E-state index contributed by atoms with van der Waals surface area (Å²) in [6, 6.07) is 4.84. The third kappa shape index (κ3) is 1.94. The molecule has 0 aromatic heterocycles. The maximum atomic E-state index is 12.0. The van der Waals surface area contributed by atoms with Crippen molar-refractivity contribution >= 4 is 17.3 Å². The summed E-state index contributed by atoms with van der Waals surface area (Å²) in [4.78, 5) is 13.6. The lowest BCUT2D eigenvalue weighted by Gasteiger charge is -2.16. The number of hydrogen-bond acceptors (Lipinski definition) is 4. The number of nitrogens with two attached hydrogens (primary N) is 2. The zero-order valence-electron chi connectivity index (χ0n) is 8.89. The van der Waals surface area contributed by atoms with Crippen LogP contribution in [-0.2, 0) is 0 Å². The minimum Gasteiger partial charge on any atom is -0.399 e. The van der Waals surface area contributed by atoms with Gasteiger partial charge in [0.25, 0.3) is 5.91 Å². The van der Waals surface area contributed by atoms with Crippen LogP contribution in [0.4, 0.5) is 11.4 Å². The number of hydrogen-bond donors (Lipinski definition) is 3. The summed E-state index contributed by atoms with van der Waals surface area (Å²) in [7, 11) is 0. The van der Waals surface area contributed by atoms with Crippen LogP contribution in [0.15, 0.2) is 18.2 Å². The fourth-order valence-electron chi connectivity index (χ4n) is 1.87. The van der Waals surface area contributed by atoms with Crippen LogP contribution >= 0.6 is 0 Å². The van der Waals surface area contributed by atoms with Gasteiger partial charge < -0.3 is 21.5 Å². The van der Waals surface area contributed by atoms with E-state index in [1.807, 2.05) is 0 Å². The second kappa shape index (κ2) is 4.02. The van der Waals surface area contributed by atoms with E-state index >= 15 is 0 Å². The van der Waals surface area contributed by atoms with Gasteiger partial charge in [-0.1, -0.05) is 0 Å². The number of aliphatic hydroxyl groups is 1. The minimum atomic E-state index is -0.418. The van der Waals surface area contributed by atoms with Gasteiger partial charge in [-0.3, -0.25) is 4.79 Å². The molecule has 1 aromatic carbocycles. The number of anilines is 2. The Morgan fingerprint density at radius 1 is 1.44 bits per heavy atom. The van der Waals surface area contributed by atoms with Gasteiger partial charge in [0.1, 0.15) is 0 Å². The lowest BCUT2D eigenvalue weighted by Crippen LogP contribution is -2.30. The van der Waals surface area contributed by atoms with Gasteiger partial charge in [-0.15, -0.1) is 0 Å². The Bertz CT molecular complexity index is 420. The Hall–Kier alpha value is -1.75. The lowest BCUT2D eigenvalue weighted by atomic mass is 10.1. The molecule has 0 radical (unpaired) electrons. The molecular weight excluding hydrogens is 206 g/mol. The van der Waals surface area contributed by atoms with E-state index in [2.05, 4.69) is 0 Å². The molecule has 0 aliphatic carbocycles. The minimum absolute atomic E-state index is 0.144. The zero-order chi connectivity index (χ0) is 11.7. The highest BCUT2D eigenvalue weighted by atomic mass is 16.3. The maximum Gasteiger partial charge on any atom is 0.256 e. The summed E-state index contributed by atoms with van der Waals surface area (Å²) in [6.07, 6.45) is 0.208. The molecule has 1 atom stereocenters. The summed E-state index contributed by atoms with van der Waals surface area (Å²) in [5.74, 6) is -0.144. The normalized spacial score (nSPS) is 20.1. The summed E-state index contributed by atoms with van der Waals surface area (Å²) in [6.45, 7) is 0.951. The third-order valence-electron chi connectivity index (χ3n) is 2.76. The van der Waals surface area contributed by atoms with Crippen molar-refractivity contribution in [1.29, 1.82) is 0 Å².